The molecule has 0 fully saturated rings. The average Bonchev–Trinajstić information content (AvgIpc) is 2.39. The van der Waals surface area contributed by atoms with Crippen LogP contribution in [0.4, 0.5) is 0 Å². The first kappa shape index (κ1) is 13.1. The quantitative estimate of drug-likeness (QED) is 0.925. The Labute approximate surface area is 115 Å². The molecule has 1 aromatic carbocycles. The van der Waals surface area contributed by atoms with Crippen molar-refractivity contribution < 1.29 is 9.84 Å². The molecule has 2 aromatic rings. The number of aromatic nitrogens is 1. The number of aliphatic hydroxyl groups is 1. The number of ether oxygens (including phenoxy) is 1. The predicted octanol–water partition coefficient (Wildman–Crippen LogP) is 4.08. The lowest BCUT2D eigenvalue weighted by Crippen LogP contribution is -1.94. The maximum absolute atomic E-state index is 9.69. The van der Waals surface area contributed by atoms with Crippen molar-refractivity contribution in [1.82, 2.24) is 4.98 Å². The highest BCUT2D eigenvalue weighted by molar-refractivity contribution is 9.10. The molecule has 1 aromatic heterocycles. The Kier molecular flexibility index (Phi) is 4.33. The SMILES string of the molecule is CC[C@H](O)c1ccc(Oc2cncc(Br)c2)cc1. The van der Waals surface area contributed by atoms with Crippen molar-refractivity contribution in [2.75, 3.05) is 0 Å². The molecule has 0 unspecified atom stereocenters. The minimum Gasteiger partial charge on any atom is -0.456 e. The third-order valence-electron chi connectivity index (χ3n) is 2.57. The zero-order valence-corrected chi connectivity index (χ0v) is 11.6. The Bertz CT molecular complexity index is 513. The molecule has 0 aliphatic carbocycles. The van der Waals surface area contributed by atoms with E-state index >= 15 is 0 Å². The van der Waals surface area contributed by atoms with Crippen LogP contribution in [0.5, 0.6) is 11.5 Å². The number of aliphatic hydroxyl groups excluding tert-OH is 1. The van der Waals surface area contributed by atoms with Crippen LogP contribution in [0, 0.1) is 0 Å². The van der Waals surface area contributed by atoms with E-state index in [1.165, 1.54) is 0 Å². The second-order valence-corrected chi connectivity index (χ2v) is 4.85. The molecule has 1 atom stereocenters. The van der Waals surface area contributed by atoms with Gasteiger partial charge >= 0.3 is 0 Å². The van der Waals surface area contributed by atoms with Crippen molar-refractivity contribution in [3.63, 3.8) is 0 Å². The van der Waals surface area contributed by atoms with Crippen LogP contribution < -0.4 is 4.74 Å². The van der Waals surface area contributed by atoms with Crippen LogP contribution in [-0.4, -0.2) is 10.1 Å². The topological polar surface area (TPSA) is 42.4 Å². The summed E-state index contributed by atoms with van der Waals surface area (Å²) in [6.45, 7) is 1.95. The highest BCUT2D eigenvalue weighted by Gasteiger charge is 2.05. The molecule has 0 saturated heterocycles. The molecule has 18 heavy (non-hydrogen) atoms. The fourth-order valence-electron chi connectivity index (χ4n) is 1.58. The number of nitrogens with zero attached hydrogens (tertiary/aromatic N) is 1. The zero-order valence-electron chi connectivity index (χ0n) is 10.0. The summed E-state index contributed by atoms with van der Waals surface area (Å²) >= 11 is 3.34. The number of halogens is 1. The van der Waals surface area contributed by atoms with E-state index in [0.717, 1.165) is 15.8 Å². The van der Waals surface area contributed by atoms with Crippen molar-refractivity contribution in [3.05, 3.63) is 52.8 Å². The van der Waals surface area contributed by atoms with E-state index in [0.29, 0.717) is 12.2 Å². The molecule has 3 nitrogen and oxygen atoms in total. The van der Waals surface area contributed by atoms with Gasteiger partial charge in [-0.1, -0.05) is 19.1 Å². The number of rotatable bonds is 4. The Morgan fingerprint density at radius 2 is 1.94 bits per heavy atom. The second-order valence-electron chi connectivity index (χ2n) is 3.93. The molecule has 1 heterocycles. The van der Waals surface area contributed by atoms with Gasteiger partial charge in [-0.05, 0) is 46.1 Å². The Morgan fingerprint density at radius 1 is 1.22 bits per heavy atom. The first-order chi connectivity index (χ1) is 8.69. The van der Waals surface area contributed by atoms with Crippen LogP contribution in [0.15, 0.2) is 47.2 Å². The maximum atomic E-state index is 9.69. The Morgan fingerprint density at radius 3 is 2.56 bits per heavy atom. The zero-order chi connectivity index (χ0) is 13.0. The van der Waals surface area contributed by atoms with Crippen LogP contribution in [0.25, 0.3) is 0 Å². The van der Waals surface area contributed by atoms with Crippen LogP contribution in [-0.2, 0) is 0 Å². The third kappa shape index (κ3) is 3.31. The molecule has 0 aliphatic heterocycles. The molecule has 0 saturated carbocycles. The van der Waals surface area contributed by atoms with Gasteiger partial charge in [0.15, 0.2) is 0 Å². The van der Waals surface area contributed by atoms with Gasteiger partial charge in [0.2, 0.25) is 0 Å². The molecule has 0 bridgehead atoms. The smallest absolute Gasteiger partial charge is 0.146 e. The molecular formula is C14H14BrNO2. The molecule has 0 radical (unpaired) electrons. The van der Waals surface area contributed by atoms with Crippen LogP contribution in [0.1, 0.15) is 25.0 Å². The fourth-order valence-corrected chi connectivity index (χ4v) is 1.92. The highest BCUT2D eigenvalue weighted by Crippen LogP contribution is 2.25. The Balaban J connectivity index is 2.11. The monoisotopic (exact) mass is 307 g/mol. The Hall–Kier alpha value is -1.39. The second kappa shape index (κ2) is 5.98. The van der Waals surface area contributed by atoms with Crippen molar-refractivity contribution >= 4 is 15.9 Å². The van der Waals surface area contributed by atoms with Gasteiger partial charge in [-0.25, -0.2) is 0 Å². The molecule has 2 rings (SSSR count). The summed E-state index contributed by atoms with van der Waals surface area (Å²) in [4.78, 5) is 4.03. The standard InChI is InChI=1S/C14H14BrNO2/c1-2-14(17)10-3-5-12(6-4-10)18-13-7-11(15)8-16-9-13/h3-9,14,17H,2H2,1H3/t14-/m0/s1. The van der Waals surface area contributed by atoms with Gasteiger partial charge in [0.05, 0.1) is 12.3 Å². The minimum atomic E-state index is -0.411. The summed E-state index contributed by atoms with van der Waals surface area (Å²) in [5.41, 5.74) is 0.900. The van der Waals surface area contributed by atoms with E-state index in [1.54, 1.807) is 12.4 Å². The number of benzene rings is 1. The van der Waals surface area contributed by atoms with Gasteiger partial charge < -0.3 is 9.84 Å². The molecule has 94 valence electrons. The minimum absolute atomic E-state index is 0.411. The summed E-state index contributed by atoms with van der Waals surface area (Å²) < 4.78 is 6.53. The highest BCUT2D eigenvalue weighted by atomic mass is 79.9. The number of pyridine rings is 1. The fraction of sp³-hybridized carbons (Fsp3) is 0.214. The first-order valence-electron chi connectivity index (χ1n) is 5.75. The molecule has 0 aliphatic rings. The van der Waals surface area contributed by atoms with Gasteiger partial charge in [-0.15, -0.1) is 0 Å². The summed E-state index contributed by atoms with van der Waals surface area (Å²) in [6, 6.07) is 9.27. The molecule has 1 N–H and O–H groups in total. The van der Waals surface area contributed by atoms with Crippen molar-refractivity contribution in [1.29, 1.82) is 0 Å². The summed E-state index contributed by atoms with van der Waals surface area (Å²) in [7, 11) is 0. The van der Waals surface area contributed by atoms with Gasteiger partial charge in [0, 0.05) is 10.7 Å². The van der Waals surface area contributed by atoms with E-state index in [-0.39, 0.29) is 0 Å². The summed E-state index contributed by atoms with van der Waals surface area (Å²) in [6.07, 6.45) is 3.65. The van der Waals surface area contributed by atoms with Crippen molar-refractivity contribution in [3.8, 4) is 11.5 Å². The van der Waals surface area contributed by atoms with E-state index in [4.69, 9.17) is 4.74 Å². The lowest BCUT2D eigenvalue weighted by Gasteiger charge is -2.09. The molecule has 0 amide bonds. The third-order valence-corrected chi connectivity index (χ3v) is 3.00. The number of hydrogen-bond acceptors (Lipinski definition) is 3. The van der Waals surface area contributed by atoms with E-state index in [9.17, 15) is 5.11 Å². The van der Waals surface area contributed by atoms with Gasteiger partial charge in [-0.2, -0.15) is 0 Å². The average molecular weight is 308 g/mol. The van der Waals surface area contributed by atoms with Gasteiger partial charge in [0.1, 0.15) is 11.5 Å². The van der Waals surface area contributed by atoms with E-state index in [2.05, 4.69) is 20.9 Å². The molecule has 0 spiro atoms. The predicted molar refractivity (Wildman–Crippen MR) is 73.7 cm³/mol. The summed E-state index contributed by atoms with van der Waals surface area (Å²) in [5.74, 6) is 1.40. The van der Waals surface area contributed by atoms with Crippen LogP contribution in [0.3, 0.4) is 0 Å². The van der Waals surface area contributed by atoms with E-state index in [1.807, 2.05) is 37.3 Å². The molecular weight excluding hydrogens is 294 g/mol. The van der Waals surface area contributed by atoms with Crippen molar-refractivity contribution in [2.45, 2.75) is 19.4 Å². The largest absolute Gasteiger partial charge is 0.456 e. The van der Waals surface area contributed by atoms with Crippen molar-refractivity contribution in [2.24, 2.45) is 0 Å². The first-order valence-corrected chi connectivity index (χ1v) is 6.54. The number of hydrogen-bond donors (Lipinski definition) is 1. The van der Waals surface area contributed by atoms with Gasteiger partial charge in [0.25, 0.3) is 0 Å². The maximum Gasteiger partial charge on any atom is 0.146 e. The van der Waals surface area contributed by atoms with Crippen LogP contribution in [0.2, 0.25) is 0 Å². The van der Waals surface area contributed by atoms with E-state index < -0.39 is 6.10 Å². The normalized spacial score (nSPS) is 12.2. The lowest BCUT2D eigenvalue weighted by molar-refractivity contribution is 0.173. The lowest BCUT2D eigenvalue weighted by atomic mass is 10.1. The summed E-state index contributed by atoms with van der Waals surface area (Å²) in [5, 5.41) is 9.69. The van der Waals surface area contributed by atoms with Crippen LogP contribution >= 0.6 is 15.9 Å². The molecule has 4 heteroatoms. The van der Waals surface area contributed by atoms with Gasteiger partial charge in [-0.3, -0.25) is 4.98 Å².